The summed E-state index contributed by atoms with van der Waals surface area (Å²) in [6, 6.07) is 3.47. The minimum Gasteiger partial charge on any atom is -0.426 e. The van der Waals surface area contributed by atoms with Crippen LogP contribution in [0.15, 0.2) is 30.9 Å². The zero-order chi connectivity index (χ0) is 16.2. The van der Waals surface area contributed by atoms with Gasteiger partial charge in [0.1, 0.15) is 12.7 Å². The van der Waals surface area contributed by atoms with E-state index in [1.165, 1.54) is 29.5 Å². The summed E-state index contributed by atoms with van der Waals surface area (Å²) in [4.78, 5) is 15.1. The predicted octanol–water partition coefficient (Wildman–Crippen LogP) is 2.83. The maximum Gasteiger partial charge on any atom is 0.417 e. The molecule has 1 aromatic heterocycles. The summed E-state index contributed by atoms with van der Waals surface area (Å²) >= 11 is 5.70. The average Bonchev–Trinajstić information content (AvgIpc) is 2.96. The summed E-state index contributed by atoms with van der Waals surface area (Å²) in [5.74, 6) is 0. The number of halogens is 4. The first-order valence-corrected chi connectivity index (χ1v) is 6.33. The third-order valence-corrected chi connectivity index (χ3v) is 3.05. The zero-order valence-corrected chi connectivity index (χ0v) is 11.7. The molecule has 0 atom stereocenters. The Balaban J connectivity index is 1.92. The number of carbonyl (C=O) groups excluding carboxylic acids is 1. The van der Waals surface area contributed by atoms with Crippen LogP contribution in [0.2, 0.25) is 5.02 Å². The third-order valence-electron chi connectivity index (χ3n) is 2.60. The highest BCUT2D eigenvalue weighted by Crippen LogP contribution is 2.36. The lowest BCUT2D eigenvalue weighted by Gasteiger charge is -2.13. The molecule has 2 aromatic rings. The van der Waals surface area contributed by atoms with Crippen molar-refractivity contribution in [2.75, 3.05) is 0 Å². The number of nitrogens with one attached hydrogen (secondary N) is 1. The quantitative estimate of drug-likeness (QED) is 0.933. The van der Waals surface area contributed by atoms with E-state index in [1.54, 1.807) is 0 Å². The highest BCUT2D eigenvalue weighted by molar-refractivity contribution is 6.32. The van der Waals surface area contributed by atoms with Crippen LogP contribution in [-0.2, 0) is 24.2 Å². The van der Waals surface area contributed by atoms with E-state index in [0.29, 0.717) is 0 Å². The minimum atomic E-state index is -4.55. The van der Waals surface area contributed by atoms with Crippen LogP contribution in [0, 0.1) is 0 Å². The van der Waals surface area contributed by atoms with Gasteiger partial charge in [0.05, 0.1) is 10.6 Å². The van der Waals surface area contributed by atoms with E-state index in [9.17, 15) is 18.0 Å². The van der Waals surface area contributed by atoms with Gasteiger partial charge in [-0.2, -0.15) is 18.3 Å². The predicted molar refractivity (Wildman–Crippen MR) is 69.8 cm³/mol. The van der Waals surface area contributed by atoms with Crippen LogP contribution in [0.1, 0.15) is 11.1 Å². The van der Waals surface area contributed by atoms with Crippen molar-refractivity contribution in [2.45, 2.75) is 19.5 Å². The van der Waals surface area contributed by atoms with Crippen LogP contribution >= 0.6 is 11.6 Å². The van der Waals surface area contributed by atoms with Crippen molar-refractivity contribution < 1.29 is 22.7 Å². The van der Waals surface area contributed by atoms with E-state index in [-0.39, 0.29) is 18.8 Å². The Kier molecular flexibility index (Phi) is 4.86. The Morgan fingerprint density at radius 2 is 2.18 bits per heavy atom. The molecule has 0 aliphatic heterocycles. The molecule has 2 rings (SSSR count). The number of carbonyl (C=O) groups is 1. The summed E-state index contributed by atoms with van der Waals surface area (Å²) in [5.41, 5.74) is -0.821. The van der Waals surface area contributed by atoms with Gasteiger partial charge in [-0.1, -0.05) is 23.7 Å². The van der Waals surface area contributed by atoms with Crippen molar-refractivity contribution in [1.29, 1.82) is 0 Å². The molecule has 0 spiro atoms. The second kappa shape index (κ2) is 6.65. The number of amides is 1. The third kappa shape index (κ3) is 4.10. The maximum absolute atomic E-state index is 12.7. The largest absolute Gasteiger partial charge is 0.426 e. The molecule has 10 heteroatoms. The lowest BCUT2D eigenvalue weighted by atomic mass is 10.1. The van der Waals surface area contributed by atoms with Crippen LogP contribution in [0.5, 0.6) is 0 Å². The second-order valence-corrected chi connectivity index (χ2v) is 4.50. The number of aromatic nitrogens is 3. The first-order valence-electron chi connectivity index (χ1n) is 5.95. The maximum atomic E-state index is 12.7. The molecule has 1 aromatic carbocycles. The SMILES string of the molecule is O=C(NCc1cccc(C(F)(F)F)c1Cl)OCn1cncn1. The van der Waals surface area contributed by atoms with Gasteiger partial charge in [-0.3, -0.25) is 0 Å². The lowest BCUT2D eigenvalue weighted by molar-refractivity contribution is -0.137. The fourth-order valence-corrected chi connectivity index (χ4v) is 1.88. The molecule has 0 unspecified atom stereocenters. The van der Waals surface area contributed by atoms with Crippen molar-refractivity contribution in [3.63, 3.8) is 0 Å². The Labute approximate surface area is 127 Å². The van der Waals surface area contributed by atoms with Crippen LogP contribution < -0.4 is 5.32 Å². The number of hydrogen-bond acceptors (Lipinski definition) is 4. The standard InChI is InChI=1S/C12H10ClF3N4O2/c13-10-8(2-1-3-9(10)12(14,15)16)4-18-11(21)22-7-20-6-17-5-19-20/h1-3,5-6H,4,7H2,(H,18,21). The van der Waals surface area contributed by atoms with E-state index in [2.05, 4.69) is 15.4 Å². The van der Waals surface area contributed by atoms with Gasteiger partial charge in [0.2, 0.25) is 0 Å². The molecule has 22 heavy (non-hydrogen) atoms. The van der Waals surface area contributed by atoms with Crippen molar-refractivity contribution in [3.8, 4) is 0 Å². The van der Waals surface area contributed by atoms with Crippen LogP contribution in [0.25, 0.3) is 0 Å². The summed E-state index contributed by atoms with van der Waals surface area (Å²) in [5, 5.41) is 5.57. The molecule has 0 radical (unpaired) electrons. The first-order chi connectivity index (χ1) is 10.4. The number of ether oxygens (including phenoxy) is 1. The van der Waals surface area contributed by atoms with Crippen molar-refractivity contribution in [1.82, 2.24) is 20.1 Å². The Morgan fingerprint density at radius 3 is 2.82 bits per heavy atom. The second-order valence-electron chi connectivity index (χ2n) is 4.13. The van der Waals surface area contributed by atoms with Crippen molar-refractivity contribution in [3.05, 3.63) is 47.0 Å². The van der Waals surface area contributed by atoms with Crippen LogP contribution in [-0.4, -0.2) is 20.9 Å². The molecule has 0 fully saturated rings. The van der Waals surface area contributed by atoms with Gasteiger partial charge in [0, 0.05) is 6.54 Å². The molecule has 6 nitrogen and oxygen atoms in total. The Bertz CT molecular complexity index is 646. The van der Waals surface area contributed by atoms with Gasteiger partial charge in [0.15, 0.2) is 6.73 Å². The molecule has 0 bridgehead atoms. The molecular weight excluding hydrogens is 325 g/mol. The Hall–Kier alpha value is -2.29. The minimum absolute atomic E-state index is 0.134. The fraction of sp³-hybridized carbons (Fsp3) is 0.250. The zero-order valence-electron chi connectivity index (χ0n) is 11.0. The molecular formula is C12H10ClF3N4O2. The molecule has 1 N–H and O–H groups in total. The number of hydrogen-bond donors (Lipinski definition) is 1. The van der Waals surface area contributed by atoms with Gasteiger partial charge in [-0.05, 0) is 11.6 Å². The molecule has 118 valence electrons. The van der Waals surface area contributed by atoms with Gasteiger partial charge < -0.3 is 10.1 Å². The molecule has 0 saturated carbocycles. The summed E-state index contributed by atoms with van der Waals surface area (Å²) in [7, 11) is 0. The number of benzene rings is 1. The summed E-state index contributed by atoms with van der Waals surface area (Å²) < 4.78 is 44.1. The highest BCUT2D eigenvalue weighted by Gasteiger charge is 2.33. The monoisotopic (exact) mass is 334 g/mol. The van der Waals surface area contributed by atoms with Crippen molar-refractivity contribution in [2.24, 2.45) is 0 Å². The average molecular weight is 335 g/mol. The highest BCUT2D eigenvalue weighted by atomic mass is 35.5. The Morgan fingerprint density at radius 1 is 1.41 bits per heavy atom. The number of rotatable bonds is 4. The van der Waals surface area contributed by atoms with Gasteiger partial charge >= 0.3 is 12.3 Å². The number of nitrogens with zero attached hydrogens (tertiary/aromatic N) is 3. The summed E-state index contributed by atoms with van der Waals surface area (Å²) in [6.07, 6.45) is -2.76. The molecule has 1 heterocycles. The molecule has 1 amide bonds. The normalized spacial score (nSPS) is 11.3. The van der Waals surface area contributed by atoms with E-state index in [0.717, 1.165) is 6.07 Å². The molecule has 0 aliphatic carbocycles. The fourth-order valence-electron chi connectivity index (χ4n) is 1.58. The lowest BCUT2D eigenvalue weighted by Crippen LogP contribution is -2.25. The van der Waals surface area contributed by atoms with Crippen LogP contribution in [0.3, 0.4) is 0 Å². The van der Waals surface area contributed by atoms with E-state index in [4.69, 9.17) is 16.3 Å². The number of alkyl halides is 3. The topological polar surface area (TPSA) is 69.0 Å². The van der Waals surface area contributed by atoms with Crippen molar-refractivity contribution >= 4 is 17.7 Å². The first kappa shape index (κ1) is 16.1. The van der Waals surface area contributed by atoms with Gasteiger partial charge in [0.25, 0.3) is 0 Å². The molecule has 0 saturated heterocycles. The van der Waals surface area contributed by atoms with E-state index < -0.39 is 22.9 Å². The van der Waals surface area contributed by atoms with E-state index >= 15 is 0 Å². The van der Waals surface area contributed by atoms with Gasteiger partial charge in [-0.25, -0.2) is 14.5 Å². The molecule has 0 aliphatic rings. The van der Waals surface area contributed by atoms with E-state index in [1.807, 2.05) is 0 Å². The van der Waals surface area contributed by atoms with Gasteiger partial charge in [-0.15, -0.1) is 0 Å². The van der Waals surface area contributed by atoms with Crippen LogP contribution in [0.4, 0.5) is 18.0 Å². The number of alkyl carbamates (subject to hydrolysis) is 1. The smallest absolute Gasteiger partial charge is 0.417 e. The summed E-state index contributed by atoms with van der Waals surface area (Å²) in [6.45, 7) is -0.360.